The number of rotatable bonds is 7. The summed E-state index contributed by atoms with van der Waals surface area (Å²) in [5, 5.41) is 7.84. The Kier molecular flexibility index (Phi) is 6.88. The molecule has 1 heterocycles. The van der Waals surface area contributed by atoms with E-state index in [2.05, 4.69) is 47.8 Å². The molecule has 2 N–H and O–H groups in total. The third kappa shape index (κ3) is 5.55. The highest BCUT2D eigenvalue weighted by atomic mass is 19.1. The molecule has 1 aliphatic rings. The normalized spacial score (nSPS) is 18.3. The summed E-state index contributed by atoms with van der Waals surface area (Å²) in [7, 11) is 4.11. The molecule has 1 amide bonds. The fourth-order valence-electron chi connectivity index (χ4n) is 4.43. The highest BCUT2D eigenvalue weighted by Gasteiger charge is 2.22. The first-order valence-electron chi connectivity index (χ1n) is 11.3. The Morgan fingerprint density at radius 2 is 1.78 bits per heavy atom. The fraction of sp³-hybridized carbons (Fsp3) is 0.385. The van der Waals surface area contributed by atoms with Crippen LogP contribution in [0.3, 0.4) is 0 Å². The number of para-hydroxylation sites is 1. The molecule has 0 bridgehead atoms. The Morgan fingerprint density at radius 3 is 2.50 bits per heavy atom. The first kappa shape index (κ1) is 22.1. The molecule has 1 aromatic heterocycles. The SMILES string of the molecule is CN(C)c1cc(NC2CCC(CNC(=O)Cc3ccc(F)cc3)CC2)nc2ccccc12. The number of fused-ring (bicyclic) bond motifs is 1. The highest BCUT2D eigenvalue weighted by molar-refractivity contribution is 5.93. The quantitative estimate of drug-likeness (QED) is 0.562. The number of pyridine rings is 1. The van der Waals surface area contributed by atoms with Crippen LogP contribution in [0, 0.1) is 11.7 Å². The van der Waals surface area contributed by atoms with Gasteiger partial charge < -0.3 is 15.5 Å². The number of halogens is 1. The zero-order valence-corrected chi connectivity index (χ0v) is 18.8. The van der Waals surface area contributed by atoms with Crippen molar-refractivity contribution in [1.82, 2.24) is 10.3 Å². The van der Waals surface area contributed by atoms with Crippen LogP contribution >= 0.6 is 0 Å². The second-order valence-corrected chi connectivity index (χ2v) is 8.91. The van der Waals surface area contributed by atoms with E-state index in [-0.39, 0.29) is 11.7 Å². The molecule has 0 unspecified atom stereocenters. The number of aromatic nitrogens is 1. The molecule has 0 radical (unpaired) electrons. The number of amides is 1. The minimum Gasteiger partial charge on any atom is -0.377 e. The molecular formula is C26H31FN4O. The van der Waals surface area contributed by atoms with Gasteiger partial charge in [-0.1, -0.05) is 30.3 Å². The molecule has 0 atom stereocenters. The van der Waals surface area contributed by atoms with Crippen molar-refractivity contribution in [2.45, 2.75) is 38.1 Å². The maximum absolute atomic E-state index is 13.0. The molecular weight excluding hydrogens is 403 g/mol. The molecule has 1 saturated carbocycles. The first-order chi connectivity index (χ1) is 15.5. The summed E-state index contributed by atoms with van der Waals surface area (Å²) >= 11 is 0. The van der Waals surface area contributed by atoms with Crippen LogP contribution in [-0.4, -0.2) is 37.6 Å². The molecule has 168 valence electrons. The van der Waals surface area contributed by atoms with Crippen molar-refractivity contribution in [2.24, 2.45) is 5.92 Å². The molecule has 3 aromatic rings. The Labute approximate surface area is 189 Å². The maximum atomic E-state index is 13.0. The second-order valence-electron chi connectivity index (χ2n) is 8.91. The van der Waals surface area contributed by atoms with E-state index in [1.807, 2.05) is 12.1 Å². The van der Waals surface area contributed by atoms with E-state index < -0.39 is 0 Å². The van der Waals surface area contributed by atoms with Gasteiger partial charge in [-0.15, -0.1) is 0 Å². The summed E-state index contributed by atoms with van der Waals surface area (Å²) < 4.78 is 13.0. The lowest BCUT2D eigenvalue weighted by molar-refractivity contribution is -0.120. The van der Waals surface area contributed by atoms with Crippen molar-refractivity contribution in [3.63, 3.8) is 0 Å². The van der Waals surface area contributed by atoms with E-state index in [9.17, 15) is 9.18 Å². The van der Waals surface area contributed by atoms with Crippen molar-refractivity contribution in [3.05, 3.63) is 66.0 Å². The number of hydrogen-bond donors (Lipinski definition) is 2. The lowest BCUT2D eigenvalue weighted by Crippen LogP contribution is -2.34. The van der Waals surface area contributed by atoms with E-state index in [1.165, 1.54) is 12.1 Å². The van der Waals surface area contributed by atoms with E-state index in [1.54, 1.807) is 12.1 Å². The minimum atomic E-state index is -0.281. The van der Waals surface area contributed by atoms with Gasteiger partial charge in [0.05, 0.1) is 11.9 Å². The van der Waals surface area contributed by atoms with E-state index in [4.69, 9.17) is 4.98 Å². The third-order valence-corrected chi connectivity index (χ3v) is 6.24. The average molecular weight is 435 g/mol. The predicted molar refractivity (Wildman–Crippen MR) is 129 cm³/mol. The van der Waals surface area contributed by atoms with Crippen LogP contribution in [0.15, 0.2) is 54.6 Å². The van der Waals surface area contributed by atoms with Gasteiger partial charge in [0.1, 0.15) is 11.6 Å². The van der Waals surface area contributed by atoms with Crippen molar-refractivity contribution in [2.75, 3.05) is 30.9 Å². The van der Waals surface area contributed by atoms with E-state index >= 15 is 0 Å². The number of anilines is 2. The van der Waals surface area contributed by atoms with Gasteiger partial charge in [-0.2, -0.15) is 0 Å². The van der Waals surface area contributed by atoms with Crippen LogP contribution in [0.25, 0.3) is 10.9 Å². The van der Waals surface area contributed by atoms with Gasteiger partial charge in [0.15, 0.2) is 0 Å². The van der Waals surface area contributed by atoms with Gasteiger partial charge in [-0.25, -0.2) is 9.37 Å². The molecule has 1 aliphatic carbocycles. The summed E-state index contributed by atoms with van der Waals surface area (Å²) in [4.78, 5) is 19.2. The van der Waals surface area contributed by atoms with Crippen LogP contribution in [0.1, 0.15) is 31.2 Å². The van der Waals surface area contributed by atoms with Crippen molar-refractivity contribution >= 4 is 28.3 Å². The second kappa shape index (κ2) is 9.98. The Balaban J connectivity index is 1.27. The summed E-state index contributed by atoms with van der Waals surface area (Å²) in [5.74, 6) is 1.13. The number of carbonyl (C=O) groups is 1. The Hall–Kier alpha value is -3.15. The smallest absolute Gasteiger partial charge is 0.224 e. The molecule has 5 nitrogen and oxygen atoms in total. The van der Waals surface area contributed by atoms with Crippen LogP contribution in [0.4, 0.5) is 15.9 Å². The Morgan fingerprint density at radius 1 is 1.06 bits per heavy atom. The zero-order chi connectivity index (χ0) is 22.5. The summed E-state index contributed by atoms with van der Waals surface area (Å²) in [6, 6.07) is 16.9. The van der Waals surface area contributed by atoms with Crippen LogP contribution < -0.4 is 15.5 Å². The number of carbonyl (C=O) groups excluding carboxylic acids is 1. The molecule has 0 spiro atoms. The van der Waals surface area contributed by atoms with Gasteiger partial charge in [-0.3, -0.25) is 4.79 Å². The average Bonchev–Trinajstić information content (AvgIpc) is 2.79. The lowest BCUT2D eigenvalue weighted by Gasteiger charge is -2.30. The number of nitrogens with one attached hydrogen (secondary N) is 2. The van der Waals surface area contributed by atoms with Crippen LogP contribution in [0.5, 0.6) is 0 Å². The van der Waals surface area contributed by atoms with Gasteiger partial charge >= 0.3 is 0 Å². The largest absolute Gasteiger partial charge is 0.377 e. The predicted octanol–water partition coefficient (Wildman–Crippen LogP) is 4.77. The molecule has 6 heteroatoms. The standard InChI is InChI=1S/C26H31FN4O/c1-31(2)24-16-25(30-23-6-4-3-5-22(23)24)29-21-13-9-19(10-14-21)17-28-26(32)15-18-7-11-20(27)12-8-18/h3-8,11-12,16,19,21H,9-10,13-15,17H2,1-2H3,(H,28,32)(H,29,30). The summed E-state index contributed by atoms with van der Waals surface area (Å²) in [6.45, 7) is 0.700. The maximum Gasteiger partial charge on any atom is 0.224 e. The van der Waals surface area contributed by atoms with Gasteiger partial charge in [0.2, 0.25) is 5.91 Å². The third-order valence-electron chi connectivity index (χ3n) is 6.24. The van der Waals surface area contributed by atoms with Crippen LogP contribution in [0.2, 0.25) is 0 Å². The summed E-state index contributed by atoms with van der Waals surface area (Å²) in [6.07, 6.45) is 4.55. The topological polar surface area (TPSA) is 57.3 Å². The minimum absolute atomic E-state index is 0.00608. The number of hydrogen-bond acceptors (Lipinski definition) is 4. The number of nitrogens with zero attached hydrogens (tertiary/aromatic N) is 2. The molecule has 0 aliphatic heterocycles. The van der Waals surface area contributed by atoms with Crippen molar-refractivity contribution in [1.29, 1.82) is 0 Å². The highest BCUT2D eigenvalue weighted by Crippen LogP contribution is 2.30. The molecule has 32 heavy (non-hydrogen) atoms. The number of benzene rings is 2. The van der Waals surface area contributed by atoms with Gasteiger partial charge in [-0.05, 0) is 55.4 Å². The zero-order valence-electron chi connectivity index (χ0n) is 18.8. The van der Waals surface area contributed by atoms with Crippen LogP contribution in [-0.2, 0) is 11.2 Å². The van der Waals surface area contributed by atoms with E-state index in [0.717, 1.165) is 53.7 Å². The lowest BCUT2D eigenvalue weighted by atomic mass is 9.86. The first-order valence-corrected chi connectivity index (χ1v) is 11.3. The fourth-order valence-corrected chi connectivity index (χ4v) is 4.43. The van der Waals surface area contributed by atoms with Crippen molar-refractivity contribution < 1.29 is 9.18 Å². The monoisotopic (exact) mass is 434 g/mol. The van der Waals surface area contributed by atoms with Gasteiger partial charge in [0, 0.05) is 43.8 Å². The Bertz CT molecular complexity index is 1060. The van der Waals surface area contributed by atoms with E-state index in [0.29, 0.717) is 24.9 Å². The molecule has 0 saturated heterocycles. The summed E-state index contributed by atoms with van der Waals surface area (Å²) in [5.41, 5.74) is 2.99. The molecule has 1 fully saturated rings. The van der Waals surface area contributed by atoms with Crippen molar-refractivity contribution in [3.8, 4) is 0 Å². The van der Waals surface area contributed by atoms with Gasteiger partial charge in [0.25, 0.3) is 0 Å². The molecule has 2 aromatic carbocycles. The molecule has 4 rings (SSSR count).